The number of benzene rings is 2. The highest BCUT2D eigenvalue weighted by Crippen LogP contribution is 2.34. The van der Waals surface area contributed by atoms with E-state index in [4.69, 9.17) is 17.0 Å². The van der Waals surface area contributed by atoms with Crippen LogP contribution in [0.25, 0.3) is 6.08 Å². The minimum atomic E-state index is -0.695. The Balaban J connectivity index is 1.87. The van der Waals surface area contributed by atoms with Crippen molar-refractivity contribution in [2.75, 3.05) is 7.11 Å². The number of non-ortho nitro benzene ring substituents is 1. The van der Waals surface area contributed by atoms with Gasteiger partial charge in [-0.05, 0) is 29.8 Å². The summed E-state index contributed by atoms with van der Waals surface area (Å²) in [6, 6.07) is 12.2. The number of imide groups is 1. The molecule has 27 heavy (non-hydrogen) atoms. The van der Waals surface area contributed by atoms with Crippen molar-refractivity contribution < 1.29 is 19.2 Å². The summed E-state index contributed by atoms with van der Waals surface area (Å²) in [6.07, 6.45) is 1.62. The van der Waals surface area contributed by atoms with Gasteiger partial charge in [-0.25, -0.2) is 4.90 Å². The van der Waals surface area contributed by atoms with Crippen molar-refractivity contribution in [1.82, 2.24) is 4.90 Å². The van der Waals surface area contributed by atoms with E-state index in [0.29, 0.717) is 10.7 Å². The number of thioether (sulfide) groups is 1. The van der Waals surface area contributed by atoms with Crippen LogP contribution < -0.4 is 4.74 Å². The molecule has 0 aliphatic carbocycles. The number of ether oxygens (including phenoxy) is 1. The van der Waals surface area contributed by atoms with E-state index in [1.165, 1.54) is 18.2 Å². The highest BCUT2D eigenvalue weighted by atomic mass is 32.2. The molecular formula is C18H12N2O5S2. The Morgan fingerprint density at radius 2 is 1.96 bits per heavy atom. The predicted molar refractivity (Wildman–Crippen MR) is 105 cm³/mol. The summed E-state index contributed by atoms with van der Waals surface area (Å²) >= 11 is 6.17. The lowest BCUT2D eigenvalue weighted by Gasteiger charge is -2.12. The van der Waals surface area contributed by atoms with Crippen LogP contribution in [0, 0.1) is 10.1 Å². The molecule has 7 nitrogen and oxygen atoms in total. The van der Waals surface area contributed by atoms with Crippen LogP contribution in [0.15, 0.2) is 53.4 Å². The minimum absolute atomic E-state index is 0.0196. The first kappa shape index (κ1) is 18.7. The molecule has 1 heterocycles. The maximum absolute atomic E-state index is 12.7. The highest BCUT2D eigenvalue weighted by Gasteiger charge is 2.37. The Hall–Kier alpha value is -3.04. The summed E-state index contributed by atoms with van der Waals surface area (Å²) < 4.78 is 5.17. The Kier molecular flexibility index (Phi) is 5.33. The molecule has 0 N–H and O–H groups in total. The number of carbonyl (C=O) groups excluding carboxylic acids is 2. The van der Waals surface area contributed by atoms with Gasteiger partial charge in [-0.2, -0.15) is 0 Å². The van der Waals surface area contributed by atoms with Crippen molar-refractivity contribution in [3.63, 3.8) is 0 Å². The zero-order chi connectivity index (χ0) is 19.6. The standard InChI is InChI=1S/C18H12N2O5S2/c1-25-14-7-5-11(6-8-14)9-15-17(22)19(18(26)27-15)16(21)12-3-2-4-13(10-12)20(23)24/h2-10H,1H3/b15-9+. The van der Waals surface area contributed by atoms with E-state index in [9.17, 15) is 19.7 Å². The summed E-state index contributed by atoms with van der Waals surface area (Å²) in [5, 5.41) is 10.9. The van der Waals surface area contributed by atoms with Crippen LogP contribution >= 0.6 is 24.0 Å². The number of carbonyl (C=O) groups is 2. The van der Waals surface area contributed by atoms with Crippen LogP contribution in [0.3, 0.4) is 0 Å². The number of rotatable bonds is 4. The van der Waals surface area contributed by atoms with Crippen LogP contribution in [0.5, 0.6) is 5.75 Å². The van der Waals surface area contributed by atoms with Gasteiger partial charge >= 0.3 is 0 Å². The van der Waals surface area contributed by atoms with Crippen molar-refractivity contribution in [2.24, 2.45) is 0 Å². The van der Waals surface area contributed by atoms with Gasteiger partial charge in [0, 0.05) is 17.7 Å². The SMILES string of the molecule is COc1ccc(/C=C2/SC(=S)N(C(=O)c3cccc([N+](=O)[O-])c3)C2=O)cc1. The molecule has 2 aromatic rings. The predicted octanol–water partition coefficient (Wildman–Crippen LogP) is 3.65. The third-order valence-corrected chi connectivity index (χ3v) is 5.02. The molecule has 136 valence electrons. The van der Waals surface area contributed by atoms with E-state index >= 15 is 0 Å². The fourth-order valence-electron chi connectivity index (χ4n) is 2.38. The quantitative estimate of drug-likeness (QED) is 0.254. The molecule has 0 atom stereocenters. The molecule has 0 aromatic heterocycles. The number of nitrogens with zero attached hydrogens (tertiary/aromatic N) is 2. The molecule has 1 aliphatic rings. The maximum Gasteiger partial charge on any atom is 0.273 e. The second-order valence-corrected chi connectivity index (χ2v) is 7.08. The normalized spacial score (nSPS) is 15.3. The van der Waals surface area contributed by atoms with Crippen LogP contribution in [-0.4, -0.2) is 33.1 Å². The number of hydrogen-bond acceptors (Lipinski definition) is 7. The monoisotopic (exact) mass is 400 g/mol. The van der Waals surface area contributed by atoms with Crippen molar-refractivity contribution >= 4 is 51.9 Å². The van der Waals surface area contributed by atoms with Gasteiger partial charge in [0.05, 0.1) is 16.9 Å². The van der Waals surface area contributed by atoms with Gasteiger partial charge in [-0.3, -0.25) is 19.7 Å². The van der Waals surface area contributed by atoms with Gasteiger partial charge in [-0.15, -0.1) is 0 Å². The average molecular weight is 400 g/mol. The number of nitro groups is 1. The fourth-order valence-corrected chi connectivity index (χ4v) is 3.63. The molecule has 0 saturated carbocycles. The van der Waals surface area contributed by atoms with Crippen molar-refractivity contribution in [3.8, 4) is 5.75 Å². The fraction of sp³-hybridized carbons (Fsp3) is 0.0556. The van der Waals surface area contributed by atoms with Gasteiger partial charge < -0.3 is 4.74 Å². The Labute approximate surface area is 163 Å². The van der Waals surface area contributed by atoms with Gasteiger partial charge in [0.25, 0.3) is 17.5 Å². The molecule has 2 amide bonds. The average Bonchev–Trinajstić information content (AvgIpc) is 2.95. The van der Waals surface area contributed by atoms with E-state index < -0.39 is 16.7 Å². The lowest BCUT2D eigenvalue weighted by molar-refractivity contribution is -0.384. The highest BCUT2D eigenvalue weighted by molar-refractivity contribution is 8.26. The van der Waals surface area contributed by atoms with Crippen LogP contribution in [0.1, 0.15) is 15.9 Å². The summed E-state index contributed by atoms with van der Waals surface area (Å²) in [4.78, 5) is 36.7. The van der Waals surface area contributed by atoms with E-state index in [1.54, 1.807) is 37.5 Å². The lowest BCUT2D eigenvalue weighted by atomic mass is 10.1. The number of thiocarbonyl (C=S) groups is 1. The van der Waals surface area contributed by atoms with Gasteiger partial charge in [0.1, 0.15) is 5.75 Å². The van der Waals surface area contributed by atoms with E-state index in [0.717, 1.165) is 28.3 Å². The summed E-state index contributed by atoms with van der Waals surface area (Å²) in [7, 11) is 1.56. The molecule has 9 heteroatoms. The topological polar surface area (TPSA) is 89.8 Å². The zero-order valence-corrected chi connectivity index (χ0v) is 15.6. The lowest BCUT2D eigenvalue weighted by Crippen LogP contribution is -2.34. The first-order valence-corrected chi connectivity index (χ1v) is 8.84. The Bertz CT molecular complexity index is 986. The maximum atomic E-state index is 12.7. The number of amides is 2. The molecule has 1 saturated heterocycles. The molecule has 1 fully saturated rings. The van der Waals surface area contributed by atoms with Crippen molar-refractivity contribution in [2.45, 2.75) is 0 Å². The third kappa shape index (κ3) is 3.88. The molecule has 0 unspecified atom stereocenters. The van der Waals surface area contributed by atoms with Crippen LogP contribution in [0.4, 0.5) is 5.69 Å². The molecule has 0 bridgehead atoms. The molecule has 2 aromatic carbocycles. The number of hydrogen-bond donors (Lipinski definition) is 0. The van der Waals surface area contributed by atoms with Crippen LogP contribution in [-0.2, 0) is 4.79 Å². The smallest absolute Gasteiger partial charge is 0.273 e. The molecule has 0 spiro atoms. The zero-order valence-electron chi connectivity index (χ0n) is 13.9. The molecule has 0 radical (unpaired) electrons. The van der Waals surface area contributed by atoms with Crippen molar-refractivity contribution in [1.29, 1.82) is 0 Å². The minimum Gasteiger partial charge on any atom is -0.497 e. The summed E-state index contributed by atoms with van der Waals surface area (Å²) in [5.41, 5.74) is 0.533. The van der Waals surface area contributed by atoms with Crippen LogP contribution in [0.2, 0.25) is 0 Å². The number of nitro benzene ring substituents is 1. The van der Waals surface area contributed by atoms with Crippen molar-refractivity contribution in [3.05, 3.63) is 74.7 Å². The van der Waals surface area contributed by atoms with Gasteiger partial charge in [-0.1, -0.05) is 42.2 Å². The molecule has 3 rings (SSSR count). The second kappa shape index (κ2) is 7.68. The largest absolute Gasteiger partial charge is 0.497 e. The van der Waals surface area contributed by atoms with E-state index in [2.05, 4.69) is 0 Å². The first-order chi connectivity index (χ1) is 12.9. The van der Waals surface area contributed by atoms with Gasteiger partial charge in [0.15, 0.2) is 4.32 Å². The van der Waals surface area contributed by atoms with Gasteiger partial charge in [0.2, 0.25) is 0 Å². The molecule has 1 aliphatic heterocycles. The third-order valence-electron chi connectivity index (χ3n) is 3.71. The molecular weight excluding hydrogens is 388 g/mol. The van der Waals surface area contributed by atoms with E-state index in [-0.39, 0.29) is 15.6 Å². The second-order valence-electron chi connectivity index (χ2n) is 5.40. The summed E-state index contributed by atoms with van der Waals surface area (Å²) in [5.74, 6) is -0.572. The Morgan fingerprint density at radius 1 is 1.26 bits per heavy atom. The first-order valence-electron chi connectivity index (χ1n) is 7.61. The Morgan fingerprint density at radius 3 is 2.59 bits per heavy atom. The summed E-state index contributed by atoms with van der Waals surface area (Å²) in [6.45, 7) is 0. The number of methoxy groups -OCH3 is 1. The van der Waals surface area contributed by atoms with E-state index in [1.807, 2.05) is 0 Å².